The van der Waals surface area contributed by atoms with Gasteiger partial charge in [-0.2, -0.15) is 0 Å². The van der Waals surface area contributed by atoms with Crippen LogP contribution in [0.1, 0.15) is 68.4 Å². The molecule has 2 aliphatic rings. The van der Waals surface area contributed by atoms with Gasteiger partial charge < -0.3 is 14.6 Å². The molecule has 2 aliphatic carbocycles. The summed E-state index contributed by atoms with van der Waals surface area (Å²) in [6.45, 7) is 0.622. The van der Waals surface area contributed by atoms with Crippen LogP contribution in [-0.4, -0.2) is 29.8 Å². The Balaban J connectivity index is 0.000000834. The van der Waals surface area contributed by atoms with E-state index in [1.54, 1.807) is 6.07 Å². The van der Waals surface area contributed by atoms with E-state index in [1.807, 2.05) is 24.3 Å². The predicted octanol–water partition coefficient (Wildman–Crippen LogP) is 5.77. The number of hydrogen-bond donors (Lipinski definition) is 1. The van der Waals surface area contributed by atoms with E-state index in [0.717, 1.165) is 37.0 Å². The molecular formula is C25H32FNO4. The normalized spacial score (nSPS) is 19.7. The quantitative estimate of drug-likeness (QED) is 0.577. The van der Waals surface area contributed by atoms with Crippen LogP contribution in [0.4, 0.5) is 4.39 Å². The molecule has 0 saturated heterocycles. The Bertz CT molecular complexity index is 844. The highest BCUT2D eigenvalue weighted by atomic mass is 19.1. The number of benzene rings is 1. The highest BCUT2D eigenvalue weighted by molar-refractivity contribution is 5.67. The number of carbonyl (C=O) groups is 1. The average Bonchev–Trinajstić information content (AvgIpc) is 3.67. The van der Waals surface area contributed by atoms with Crippen molar-refractivity contribution in [2.45, 2.75) is 63.7 Å². The molecule has 0 radical (unpaired) electrons. The Morgan fingerprint density at radius 2 is 1.90 bits per heavy atom. The summed E-state index contributed by atoms with van der Waals surface area (Å²) in [7, 11) is 1.54. The minimum atomic E-state index is -0.800. The van der Waals surface area contributed by atoms with E-state index in [9.17, 15) is 9.18 Å². The molecule has 6 heteroatoms. The molecule has 2 saturated carbocycles. The Kier molecular flexibility index (Phi) is 8.68. The van der Waals surface area contributed by atoms with E-state index >= 15 is 0 Å². The third kappa shape index (κ3) is 7.85. The summed E-state index contributed by atoms with van der Waals surface area (Å²) in [6, 6.07) is 9.32. The second-order valence-electron chi connectivity index (χ2n) is 8.38. The average molecular weight is 430 g/mol. The van der Waals surface area contributed by atoms with Crippen LogP contribution in [0.5, 0.6) is 11.6 Å². The highest BCUT2D eigenvalue weighted by Gasteiger charge is 2.25. The zero-order valence-corrected chi connectivity index (χ0v) is 18.2. The van der Waals surface area contributed by atoms with Gasteiger partial charge >= 0.3 is 5.97 Å². The summed E-state index contributed by atoms with van der Waals surface area (Å²) in [5.74, 6) is 0.780. The summed E-state index contributed by atoms with van der Waals surface area (Å²) in [4.78, 5) is 14.6. The summed E-state index contributed by atoms with van der Waals surface area (Å²) in [5, 5.41) is 8.80. The van der Waals surface area contributed by atoms with Crippen LogP contribution >= 0.6 is 0 Å². The first-order valence-corrected chi connectivity index (χ1v) is 11.2. The SMILES string of the molecule is C1CC1.COc1cc(C2CCC(COc3cccc(CCC(=O)O)c3)CC2)c(F)cn1. The van der Waals surface area contributed by atoms with Crippen molar-refractivity contribution < 1.29 is 23.8 Å². The van der Waals surface area contributed by atoms with Crippen LogP contribution in [0.2, 0.25) is 0 Å². The standard InChI is InChI=1S/C22H26FNO4.C3H6/c1-27-21-12-19(20(23)13-24-21)17-8-5-16(6-9-17)14-28-18-4-2-3-15(11-18)7-10-22(25)26;1-2-3-1/h2-4,11-13,16-17H,5-10,14H2,1H3,(H,25,26);1-3H2. The number of aliphatic carboxylic acids is 1. The van der Waals surface area contributed by atoms with E-state index < -0.39 is 5.97 Å². The van der Waals surface area contributed by atoms with Crippen LogP contribution in [0.3, 0.4) is 0 Å². The van der Waals surface area contributed by atoms with Gasteiger partial charge in [-0.15, -0.1) is 0 Å². The van der Waals surface area contributed by atoms with Crippen molar-refractivity contribution in [1.82, 2.24) is 4.98 Å². The molecule has 2 fully saturated rings. The lowest BCUT2D eigenvalue weighted by atomic mass is 9.79. The van der Waals surface area contributed by atoms with Crippen molar-refractivity contribution in [2.24, 2.45) is 5.92 Å². The van der Waals surface area contributed by atoms with Gasteiger partial charge in [0.2, 0.25) is 5.88 Å². The summed E-state index contributed by atoms with van der Waals surface area (Å²) in [5.41, 5.74) is 1.66. The van der Waals surface area contributed by atoms with Crippen molar-refractivity contribution in [2.75, 3.05) is 13.7 Å². The topological polar surface area (TPSA) is 68.7 Å². The Morgan fingerprint density at radius 3 is 2.55 bits per heavy atom. The van der Waals surface area contributed by atoms with Gasteiger partial charge in [-0.05, 0) is 67.2 Å². The molecular weight excluding hydrogens is 397 g/mol. The third-order valence-electron chi connectivity index (χ3n) is 5.72. The van der Waals surface area contributed by atoms with Gasteiger partial charge in [-0.25, -0.2) is 9.37 Å². The predicted molar refractivity (Wildman–Crippen MR) is 117 cm³/mol. The van der Waals surface area contributed by atoms with Gasteiger partial charge in [0.15, 0.2) is 0 Å². The number of methoxy groups -OCH3 is 1. The molecule has 0 spiro atoms. The minimum absolute atomic E-state index is 0.115. The fourth-order valence-corrected chi connectivity index (χ4v) is 3.75. The minimum Gasteiger partial charge on any atom is -0.493 e. The second kappa shape index (κ2) is 11.7. The van der Waals surface area contributed by atoms with Crippen molar-refractivity contribution in [3.05, 3.63) is 53.5 Å². The lowest BCUT2D eigenvalue weighted by molar-refractivity contribution is -0.136. The van der Waals surface area contributed by atoms with Crippen molar-refractivity contribution >= 4 is 5.97 Å². The Morgan fingerprint density at radius 1 is 1.16 bits per heavy atom. The molecule has 1 heterocycles. The summed E-state index contributed by atoms with van der Waals surface area (Å²) >= 11 is 0. The number of aryl methyl sites for hydroxylation is 1. The zero-order valence-electron chi connectivity index (χ0n) is 18.2. The van der Waals surface area contributed by atoms with Crippen molar-refractivity contribution in [3.63, 3.8) is 0 Å². The number of pyridine rings is 1. The van der Waals surface area contributed by atoms with Gasteiger partial charge in [0.25, 0.3) is 0 Å². The smallest absolute Gasteiger partial charge is 0.303 e. The van der Waals surface area contributed by atoms with Gasteiger partial charge in [0, 0.05) is 12.5 Å². The molecule has 168 valence electrons. The lowest BCUT2D eigenvalue weighted by Gasteiger charge is -2.29. The van der Waals surface area contributed by atoms with Crippen LogP contribution in [-0.2, 0) is 11.2 Å². The maximum atomic E-state index is 14.1. The third-order valence-corrected chi connectivity index (χ3v) is 5.72. The number of ether oxygens (including phenoxy) is 2. The van der Waals surface area contributed by atoms with Gasteiger partial charge in [-0.3, -0.25) is 4.79 Å². The number of halogens is 1. The molecule has 1 aromatic carbocycles. The van der Waals surface area contributed by atoms with Gasteiger partial charge in [0.05, 0.1) is 19.9 Å². The van der Waals surface area contributed by atoms with E-state index in [2.05, 4.69) is 4.98 Å². The Hall–Kier alpha value is -2.63. The molecule has 0 amide bonds. The number of carboxylic acid groups (broad SMARTS) is 1. The Labute approximate surface area is 183 Å². The van der Waals surface area contributed by atoms with Crippen LogP contribution in [0.15, 0.2) is 36.5 Å². The fraction of sp³-hybridized carbons (Fsp3) is 0.520. The molecule has 0 bridgehead atoms. The first-order valence-electron chi connectivity index (χ1n) is 11.2. The second-order valence-corrected chi connectivity index (χ2v) is 8.38. The summed E-state index contributed by atoms with van der Waals surface area (Å²) < 4.78 is 25.2. The monoisotopic (exact) mass is 429 g/mol. The molecule has 0 aliphatic heterocycles. The fourth-order valence-electron chi connectivity index (χ4n) is 3.75. The molecule has 2 aromatic rings. The number of rotatable bonds is 8. The van der Waals surface area contributed by atoms with E-state index in [4.69, 9.17) is 14.6 Å². The largest absolute Gasteiger partial charge is 0.493 e. The van der Waals surface area contributed by atoms with E-state index in [-0.39, 0.29) is 18.2 Å². The number of aromatic nitrogens is 1. The van der Waals surface area contributed by atoms with Crippen molar-refractivity contribution in [1.29, 1.82) is 0 Å². The molecule has 1 N–H and O–H groups in total. The molecule has 4 rings (SSSR count). The maximum absolute atomic E-state index is 14.1. The maximum Gasteiger partial charge on any atom is 0.303 e. The number of nitrogens with zero attached hydrogens (tertiary/aromatic N) is 1. The summed E-state index contributed by atoms with van der Waals surface area (Å²) in [6.07, 6.45) is 10.1. The molecule has 0 atom stereocenters. The molecule has 0 unspecified atom stereocenters. The van der Waals surface area contributed by atoms with Crippen LogP contribution in [0, 0.1) is 11.7 Å². The molecule has 31 heavy (non-hydrogen) atoms. The molecule has 5 nitrogen and oxygen atoms in total. The lowest BCUT2D eigenvalue weighted by Crippen LogP contribution is -2.20. The highest BCUT2D eigenvalue weighted by Crippen LogP contribution is 2.37. The first-order chi connectivity index (χ1) is 15.0. The van der Waals surface area contributed by atoms with Crippen molar-refractivity contribution in [3.8, 4) is 11.6 Å². The first kappa shape index (κ1) is 23.0. The van der Waals surface area contributed by atoms with E-state index in [0.29, 0.717) is 30.4 Å². The van der Waals surface area contributed by atoms with Gasteiger partial charge in [0.1, 0.15) is 11.6 Å². The van der Waals surface area contributed by atoms with Crippen LogP contribution < -0.4 is 9.47 Å². The number of carboxylic acids is 1. The van der Waals surface area contributed by atoms with Gasteiger partial charge in [-0.1, -0.05) is 31.4 Å². The number of hydrogen-bond acceptors (Lipinski definition) is 4. The van der Waals surface area contributed by atoms with E-state index in [1.165, 1.54) is 32.6 Å². The molecule has 1 aromatic heterocycles. The zero-order chi connectivity index (χ0) is 22.1. The van der Waals surface area contributed by atoms with Crippen LogP contribution in [0.25, 0.3) is 0 Å².